The lowest BCUT2D eigenvalue weighted by Crippen LogP contribution is -2.47. The van der Waals surface area contributed by atoms with Crippen molar-refractivity contribution >= 4 is 17.4 Å². The third-order valence-corrected chi connectivity index (χ3v) is 5.17. The third kappa shape index (κ3) is 4.64. The summed E-state index contributed by atoms with van der Waals surface area (Å²) in [5.74, 6) is -0.202. The van der Waals surface area contributed by atoms with Gasteiger partial charge in [-0.05, 0) is 34.7 Å². The van der Waals surface area contributed by atoms with Gasteiger partial charge in [0.25, 0.3) is 0 Å². The Morgan fingerprint density at radius 2 is 1.74 bits per heavy atom. The van der Waals surface area contributed by atoms with E-state index >= 15 is 0 Å². The van der Waals surface area contributed by atoms with E-state index in [0.717, 1.165) is 5.56 Å². The molecule has 35 heavy (non-hydrogen) atoms. The zero-order valence-electron chi connectivity index (χ0n) is 19.0. The average Bonchev–Trinajstić information content (AvgIpc) is 3.45. The summed E-state index contributed by atoms with van der Waals surface area (Å²) < 4.78 is 12.9. The Bertz CT molecular complexity index is 1360. The van der Waals surface area contributed by atoms with Gasteiger partial charge < -0.3 is 19.6 Å². The minimum absolute atomic E-state index is 0.0566. The number of carbonyl (C=O) groups is 1. The van der Waals surface area contributed by atoms with Gasteiger partial charge in [-0.15, -0.1) is 5.10 Å². The van der Waals surface area contributed by atoms with E-state index in [0.29, 0.717) is 34.5 Å². The first-order valence-electron chi connectivity index (χ1n) is 10.7. The number of nitrogens with zero attached hydrogens (tertiary/aromatic N) is 6. The number of hydrogen-bond acceptors (Lipinski definition) is 9. The summed E-state index contributed by atoms with van der Waals surface area (Å²) in [6.45, 7) is 1.61. The van der Waals surface area contributed by atoms with E-state index in [1.807, 2.05) is 42.5 Å². The maximum atomic E-state index is 12.9. The molecule has 1 N–H and O–H groups in total. The minimum Gasteiger partial charge on any atom is -0.440 e. The van der Waals surface area contributed by atoms with Gasteiger partial charge >= 0.3 is 11.7 Å². The predicted octanol–water partition coefficient (Wildman–Crippen LogP) is 2.70. The zero-order valence-corrected chi connectivity index (χ0v) is 19.0. The number of nitrogens with one attached hydrogen (secondary N) is 1. The number of fused-ring (bicyclic) bond motifs is 1. The van der Waals surface area contributed by atoms with Gasteiger partial charge in [-0.1, -0.05) is 53.7 Å². The molecule has 1 aliphatic rings. The molecule has 2 aromatic carbocycles. The SMILES string of the molecule is Cn1nnnc1C(=NOCc1cccc(NC(=O)C2(C)Oc3ccccc3O2)n1)c1ccccc1. The highest BCUT2D eigenvalue weighted by atomic mass is 16.7. The molecule has 0 bridgehead atoms. The zero-order chi connectivity index (χ0) is 24.3. The number of rotatable bonds is 7. The Kier molecular flexibility index (Phi) is 5.80. The van der Waals surface area contributed by atoms with E-state index in [1.54, 1.807) is 44.3 Å². The van der Waals surface area contributed by atoms with Crippen molar-refractivity contribution < 1.29 is 19.1 Å². The van der Waals surface area contributed by atoms with Gasteiger partial charge in [0, 0.05) is 19.5 Å². The second-order valence-electron chi connectivity index (χ2n) is 7.77. The van der Waals surface area contributed by atoms with Crippen LogP contribution in [0.5, 0.6) is 11.5 Å². The van der Waals surface area contributed by atoms with Gasteiger partial charge in [-0.3, -0.25) is 4.79 Å². The van der Waals surface area contributed by atoms with E-state index in [4.69, 9.17) is 14.3 Å². The minimum atomic E-state index is -1.50. The van der Waals surface area contributed by atoms with Crippen LogP contribution in [-0.4, -0.2) is 42.6 Å². The molecule has 0 spiro atoms. The van der Waals surface area contributed by atoms with Crippen molar-refractivity contribution in [3.05, 3.63) is 89.9 Å². The molecule has 4 aromatic rings. The van der Waals surface area contributed by atoms with Crippen LogP contribution in [0.3, 0.4) is 0 Å². The summed E-state index contributed by atoms with van der Waals surface area (Å²) in [6, 6.07) is 21.7. The van der Waals surface area contributed by atoms with Crippen molar-refractivity contribution in [2.75, 3.05) is 5.32 Å². The molecule has 11 nitrogen and oxygen atoms in total. The number of carbonyl (C=O) groups excluding carboxylic acids is 1. The number of tetrazole rings is 1. The Morgan fingerprint density at radius 3 is 2.43 bits per heavy atom. The molecular formula is C24H21N7O4. The van der Waals surface area contributed by atoms with Gasteiger partial charge in [0.15, 0.2) is 23.8 Å². The number of anilines is 1. The first-order valence-corrected chi connectivity index (χ1v) is 10.7. The van der Waals surface area contributed by atoms with Crippen molar-refractivity contribution in [2.45, 2.75) is 19.3 Å². The molecule has 0 unspecified atom stereocenters. The Balaban J connectivity index is 1.28. The van der Waals surface area contributed by atoms with Crippen LogP contribution in [0.25, 0.3) is 0 Å². The molecule has 2 aromatic heterocycles. The number of aromatic nitrogens is 5. The van der Waals surface area contributed by atoms with E-state index in [2.05, 4.69) is 31.0 Å². The van der Waals surface area contributed by atoms with Gasteiger partial charge in [-0.25, -0.2) is 9.67 Å². The van der Waals surface area contributed by atoms with E-state index in [1.165, 1.54) is 4.68 Å². The molecule has 0 saturated heterocycles. The molecule has 1 aliphatic heterocycles. The molecule has 0 fully saturated rings. The fourth-order valence-corrected chi connectivity index (χ4v) is 3.42. The maximum Gasteiger partial charge on any atom is 0.329 e. The van der Waals surface area contributed by atoms with Crippen LogP contribution in [-0.2, 0) is 23.3 Å². The molecule has 0 atom stereocenters. The summed E-state index contributed by atoms with van der Waals surface area (Å²) in [4.78, 5) is 22.9. The highest BCUT2D eigenvalue weighted by molar-refractivity contribution is 6.10. The van der Waals surface area contributed by atoms with Gasteiger partial charge in [-0.2, -0.15) is 0 Å². The lowest BCUT2D eigenvalue weighted by atomic mass is 10.1. The Hall–Kier alpha value is -4.80. The third-order valence-electron chi connectivity index (χ3n) is 5.17. The van der Waals surface area contributed by atoms with Crippen molar-refractivity contribution in [1.82, 2.24) is 25.2 Å². The smallest absolute Gasteiger partial charge is 0.329 e. The van der Waals surface area contributed by atoms with Crippen molar-refractivity contribution in [3.63, 3.8) is 0 Å². The largest absolute Gasteiger partial charge is 0.440 e. The molecule has 0 radical (unpaired) electrons. The van der Waals surface area contributed by atoms with Gasteiger partial charge in [0.2, 0.25) is 5.82 Å². The second kappa shape index (κ2) is 9.21. The van der Waals surface area contributed by atoms with Crippen molar-refractivity contribution in [2.24, 2.45) is 12.2 Å². The maximum absolute atomic E-state index is 12.9. The first kappa shape index (κ1) is 22.0. The molecule has 176 valence electrons. The van der Waals surface area contributed by atoms with Crippen molar-refractivity contribution in [3.8, 4) is 11.5 Å². The predicted molar refractivity (Wildman–Crippen MR) is 125 cm³/mol. The molecule has 1 amide bonds. The standard InChI is InChI=1S/C24H21N7O4/c1-24(34-18-12-6-7-13-19(18)35-24)23(32)26-20-14-8-11-17(25-20)15-33-28-21(16-9-4-3-5-10-16)22-27-29-30-31(22)2/h3-14H,15H2,1-2H3,(H,25,26,32). The van der Waals surface area contributed by atoms with E-state index in [-0.39, 0.29) is 6.61 Å². The highest BCUT2D eigenvalue weighted by Gasteiger charge is 2.44. The highest BCUT2D eigenvalue weighted by Crippen LogP contribution is 2.39. The number of aryl methyl sites for hydroxylation is 1. The topological polar surface area (TPSA) is 126 Å². The molecule has 0 saturated carbocycles. The fourth-order valence-electron chi connectivity index (χ4n) is 3.42. The average molecular weight is 471 g/mol. The molecule has 5 rings (SSSR count). The number of oxime groups is 1. The van der Waals surface area contributed by atoms with Crippen LogP contribution < -0.4 is 14.8 Å². The van der Waals surface area contributed by atoms with Crippen LogP contribution in [0.4, 0.5) is 5.82 Å². The van der Waals surface area contributed by atoms with Gasteiger partial charge in [0.1, 0.15) is 5.82 Å². The quantitative estimate of drug-likeness (QED) is 0.322. The molecular weight excluding hydrogens is 450 g/mol. The van der Waals surface area contributed by atoms with Crippen LogP contribution in [0.1, 0.15) is 24.0 Å². The summed E-state index contributed by atoms with van der Waals surface area (Å²) in [6.07, 6.45) is 0. The van der Waals surface area contributed by atoms with E-state index in [9.17, 15) is 4.79 Å². The lowest BCUT2D eigenvalue weighted by Gasteiger charge is -2.21. The van der Waals surface area contributed by atoms with Gasteiger partial charge in [0.05, 0.1) is 5.69 Å². The monoisotopic (exact) mass is 471 g/mol. The summed E-state index contributed by atoms with van der Waals surface area (Å²) >= 11 is 0. The van der Waals surface area contributed by atoms with Crippen LogP contribution in [0, 0.1) is 0 Å². The lowest BCUT2D eigenvalue weighted by molar-refractivity contribution is -0.148. The molecule has 3 heterocycles. The molecule has 0 aliphatic carbocycles. The number of amides is 1. The molecule has 11 heteroatoms. The number of ether oxygens (including phenoxy) is 2. The van der Waals surface area contributed by atoms with E-state index < -0.39 is 11.7 Å². The number of benzene rings is 2. The Labute approximate surface area is 200 Å². The second-order valence-corrected chi connectivity index (χ2v) is 7.77. The summed E-state index contributed by atoms with van der Waals surface area (Å²) in [5.41, 5.74) is 1.83. The van der Waals surface area contributed by atoms with Crippen LogP contribution >= 0.6 is 0 Å². The Morgan fingerprint density at radius 1 is 1.03 bits per heavy atom. The first-order chi connectivity index (χ1) is 17.0. The number of hydrogen-bond donors (Lipinski definition) is 1. The number of pyridine rings is 1. The summed E-state index contributed by atoms with van der Waals surface area (Å²) in [7, 11) is 1.72. The summed E-state index contributed by atoms with van der Waals surface area (Å²) in [5, 5.41) is 18.6. The van der Waals surface area contributed by atoms with Crippen molar-refractivity contribution in [1.29, 1.82) is 0 Å². The fraction of sp³-hybridized carbons (Fsp3) is 0.167. The van der Waals surface area contributed by atoms with Crippen LogP contribution in [0.2, 0.25) is 0 Å². The number of para-hydroxylation sites is 2. The normalized spacial score (nSPS) is 13.9. The van der Waals surface area contributed by atoms with Crippen LogP contribution in [0.15, 0.2) is 78.0 Å².